The molecular formula is C9H11F2N3O4S. The molecule has 106 valence electrons. The summed E-state index contributed by atoms with van der Waals surface area (Å²) in [4.78, 5) is 9.25. The summed E-state index contributed by atoms with van der Waals surface area (Å²) >= 11 is 0. The van der Waals surface area contributed by atoms with Crippen LogP contribution in [-0.4, -0.2) is 32.1 Å². The first-order chi connectivity index (χ1) is 8.65. The summed E-state index contributed by atoms with van der Waals surface area (Å²) in [5, 5.41) is 9.01. The molecule has 0 aliphatic heterocycles. The molecular weight excluding hydrogens is 284 g/mol. The molecule has 1 unspecified atom stereocenters. The minimum atomic E-state index is -4.59. The van der Waals surface area contributed by atoms with Crippen molar-refractivity contribution in [2.24, 2.45) is 5.73 Å². The number of benzene rings is 1. The second kappa shape index (κ2) is 5.47. The number of amides is 1. The molecule has 1 aromatic carbocycles. The number of hydrogen-bond acceptors (Lipinski definition) is 5. The zero-order valence-electron chi connectivity index (χ0n) is 9.43. The Hall–Kier alpha value is -1.78. The van der Waals surface area contributed by atoms with E-state index in [0.29, 0.717) is 12.1 Å². The zero-order chi connectivity index (χ0) is 14.8. The topological polar surface area (TPSA) is 136 Å². The van der Waals surface area contributed by atoms with Gasteiger partial charge in [-0.15, -0.1) is 0 Å². The van der Waals surface area contributed by atoms with E-state index in [1.165, 1.54) is 0 Å². The number of rotatable bonds is 5. The molecule has 0 radical (unpaired) electrons. The van der Waals surface area contributed by atoms with Crippen molar-refractivity contribution in [2.45, 2.75) is 11.0 Å². The van der Waals surface area contributed by atoms with E-state index in [9.17, 15) is 22.0 Å². The number of aliphatic hydroxyl groups is 1. The largest absolute Gasteiger partial charge is 0.399 e. The number of primary amides is 1. The van der Waals surface area contributed by atoms with Crippen molar-refractivity contribution >= 4 is 21.6 Å². The van der Waals surface area contributed by atoms with Crippen molar-refractivity contribution in [3.05, 3.63) is 23.8 Å². The van der Waals surface area contributed by atoms with Gasteiger partial charge in [-0.2, -0.15) is 0 Å². The van der Waals surface area contributed by atoms with Crippen LogP contribution >= 0.6 is 0 Å². The fraction of sp³-hybridized carbons (Fsp3) is 0.222. The Morgan fingerprint density at radius 1 is 1.37 bits per heavy atom. The van der Waals surface area contributed by atoms with Crippen LogP contribution in [0.3, 0.4) is 0 Å². The molecule has 7 nitrogen and oxygen atoms in total. The molecule has 0 spiro atoms. The maximum Gasteiger partial charge on any atom is 0.247 e. The van der Waals surface area contributed by atoms with Crippen LogP contribution in [0.15, 0.2) is 17.0 Å². The Labute approximate surface area is 107 Å². The molecule has 10 heteroatoms. The third-order valence-electron chi connectivity index (χ3n) is 2.08. The van der Waals surface area contributed by atoms with Crippen LogP contribution in [0, 0.1) is 11.6 Å². The quantitative estimate of drug-likeness (QED) is 0.499. The van der Waals surface area contributed by atoms with Gasteiger partial charge < -0.3 is 16.6 Å². The van der Waals surface area contributed by atoms with Gasteiger partial charge in [0.2, 0.25) is 15.9 Å². The van der Waals surface area contributed by atoms with Crippen molar-refractivity contribution in [2.75, 3.05) is 12.3 Å². The standard InChI is InChI=1S/C9H11F2N3O4S/c10-5-1-4(12)2-6(11)8(5)19(17,18)14-3-7(15)9(13)16/h1-2,7,14-15H,3,12H2,(H2,13,16). The van der Waals surface area contributed by atoms with E-state index in [0.717, 1.165) is 0 Å². The van der Waals surface area contributed by atoms with Crippen molar-refractivity contribution in [3.8, 4) is 0 Å². The van der Waals surface area contributed by atoms with Crippen LogP contribution < -0.4 is 16.2 Å². The molecule has 0 fully saturated rings. The fourth-order valence-corrected chi connectivity index (χ4v) is 2.35. The number of carbonyl (C=O) groups is 1. The minimum absolute atomic E-state index is 0.286. The van der Waals surface area contributed by atoms with Crippen LogP contribution in [-0.2, 0) is 14.8 Å². The molecule has 0 aliphatic rings. The molecule has 1 aromatic rings. The van der Waals surface area contributed by atoms with E-state index in [1.807, 2.05) is 0 Å². The van der Waals surface area contributed by atoms with Gasteiger partial charge in [0.05, 0.1) is 0 Å². The highest BCUT2D eigenvalue weighted by Crippen LogP contribution is 2.21. The van der Waals surface area contributed by atoms with E-state index < -0.39 is 45.1 Å². The van der Waals surface area contributed by atoms with Gasteiger partial charge >= 0.3 is 0 Å². The third kappa shape index (κ3) is 3.59. The second-order valence-electron chi connectivity index (χ2n) is 3.58. The highest BCUT2D eigenvalue weighted by molar-refractivity contribution is 7.89. The molecule has 0 aromatic heterocycles. The number of nitrogens with two attached hydrogens (primary N) is 2. The number of halogens is 2. The van der Waals surface area contributed by atoms with Crippen LogP contribution in [0.2, 0.25) is 0 Å². The van der Waals surface area contributed by atoms with E-state index in [4.69, 9.17) is 16.6 Å². The third-order valence-corrected chi connectivity index (χ3v) is 3.56. The summed E-state index contributed by atoms with van der Waals surface area (Å²) < 4.78 is 51.7. The van der Waals surface area contributed by atoms with Crippen LogP contribution in [0.25, 0.3) is 0 Å². The molecule has 6 N–H and O–H groups in total. The number of carbonyl (C=O) groups excluding carboxylic acids is 1. The number of nitrogens with one attached hydrogen (secondary N) is 1. The van der Waals surface area contributed by atoms with Crippen LogP contribution in [0.1, 0.15) is 0 Å². The number of anilines is 1. The first-order valence-corrected chi connectivity index (χ1v) is 6.35. The predicted molar refractivity (Wildman–Crippen MR) is 61.2 cm³/mol. The second-order valence-corrected chi connectivity index (χ2v) is 5.29. The maximum absolute atomic E-state index is 13.4. The lowest BCUT2D eigenvalue weighted by Gasteiger charge is -2.11. The van der Waals surface area contributed by atoms with Gasteiger partial charge in [-0.05, 0) is 12.1 Å². The van der Waals surface area contributed by atoms with Gasteiger partial charge in [0.1, 0.15) is 17.7 Å². The average molecular weight is 295 g/mol. The molecule has 0 aliphatic carbocycles. The Balaban J connectivity index is 3.05. The summed E-state index contributed by atoms with van der Waals surface area (Å²) in [6.07, 6.45) is -1.81. The Morgan fingerprint density at radius 3 is 2.26 bits per heavy atom. The summed E-state index contributed by atoms with van der Waals surface area (Å²) in [5.41, 5.74) is 9.55. The lowest BCUT2D eigenvalue weighted by Crippen LogP contribution is -2.40. The van der Waals surface area contributed by atoms with Gasteiger partial charge in [0.15, 0.2) is 4.90 Å². The summed E-state index contributed by atoms with van der Waals surface area (Å²) in [5.74, 6) is -3.96. The highest BCUT2D eigenvalue weighted by Gasteiger charge is 2.26. The molecule has 1 amide bonds. The fourth-order valence-electron chi connectivity index (χ4n) is 1.20. The van der Waals surface area contributed by atoms with Gasteiger partial charge in [-0.25, -0.2) is 21.9 Å². The van der Waals surface area contributed by atoms with Crippen LogP contribution in [0.5, 0.6) is 0 Å². The molecule has 0 saturated carbocycles. The Morgan fingerprint density at radius 2 is 1.84 bits per heavy atom. The monoisotopic (exact) mass is 295 g/mol. The maximum atomic E-state index is 13.4. The van der Waals surface area contributed by atoms with Gasteiger partial charge in [0.25, 0.3) is 0 Å². The highest BCUT2D eigenvalue weighted by atomic mass is 32.2. The number of nitrogen functional groups attached to an aromatic ring is 1. The number of aliphatic hydroxyl groups excluding tert-OH is 1. The summed E-state index contributed by atoms with van der Waals surface area (Å²) in [6.45, 7) is -0.805. The van der Waals surface area contributed by atoms with Gasteiger partial charge in [-0.3, -0.25) is 4.79 Å². The van der Waals surface area contributed by atoms with E-state index in [2.05, 4.69) is 0 Å². The van der Waals surface area contributed by atoms with Crippen molar-refractivity contribution in [1.82, 2.24) is 4.72 Å². The molecule has 0 heterocycles. The van der Waals surface area contributed by atoms with E-state index in [1.54, 1.807) is 4.72 Å². The number of hydrogen-bond donors (Lipinski definition) is 4. The molecule has 19 heavy (non-hydrogen) atoms. The van der Waals surface area contributed by atoms with Gasteiger partial charge in [-0.1, -0.05) is 0 Å². The lowest BCUT2D eigenvalue weighted by molar-refractivity contribution is -0.125. The van der Waals surface area contributed by atoms with Crippen molar-refractivity contribution < 1.29 is 27.1 Å². The lowest BCUT2D eigenvalue weighted by atomic mass is 10.3. The Bertz CT molecular complexity index is 582. The van der Waals surface area contributed by atoms with E-state index >= 15 is 0 Å². The van der Waals surface area contributed by atoms with Gasteiger partial charge in [0, 0.05) is 12.2 Å². The van der Waals surface area contributed by atoms with Crippen LogP contribution in [0.4, 0.5) is 14.5 Å². The smallest absolute Gasteiger partial charge is 0.247 e. The first-order valence-electron chi connectivity index (χ1n) is 4.86. The van der Waals surface area contributed by atoms with E-state index in [-0.39, 0.29) is 5.69 Å². The molecule has 1 rings (SSSR count). The number of sulfonamides is 1. The normalized spacial score (nSPS) is 13.2. The first kappa shape index (κ1) is 15.3. The molecule has 0 saturated heterocycles. The zero-order valence-corrected chi connectivity index (χ0v) is 10.2. The summed E-state index contributed by atoms with van der Waals surface area (Å²) in [7, 11) is -4.59. The van der Waals surface area contributed by atoms with Crippen molar-refractivity contribution in [1.29, 1.82) is 0 Å². The predicted octanol–water partition coefficient (Wildman–Crippen LogP) is -1.33. The minimum Gasteiger partial charge on any atom is -0.399 e. The summed E-state index contributed by atoms with van der Waals surface area (Å²) in [6, 6.07) is 1.25. The Kier molecular flexibility index (Phi) is 4.39. The average Bonchev–Trinajstić information content (AvgIpc) is 2.23. The molecule has 0 bridgehead atoms. The van der Waals surface area contributed by atoms with Crippen molar-refractivity contribution in [3.63, 3.8) is 0 Å². The SMILES string of the molecule is NC(=O)C(O)CNS(=O)(=O)c1c(F)cc(N)cc1F. The molecule has 1 atom stereocenters.